The Bertz CT molecular complexity index is 1030. The Labute approximate surface area is 141 Å². The van der Waals surface area contributed by atoms with Crippen LogP contribution in [0.5, 0.6) is 0 Å². The SMILES string of the molecule is N#C/C(=C\c1ccc(Cl)cc1Cl)c1nc2ccccc2c(=O)[nH]1. The van der Waals surface area contributed by atoms with Crippen molar-refractivity contribution >= 4 is 45.8 Å². The minimum atomic E-state index is -0.297. The number of nitrogens with one attached hydrogen (secondary N) is 1. The second-order valence-corrected chi connectivity index (χ2v) is 5.61. The number of para-hydroxylation sites is 1. The molecule has 0 bridgehead atoms. The van der Waals surface area contributed by atoms with Gasteiger partial charge in [-0.1, -0.05) is 41.4 Å². The summed E-state index contributed by atoms with van der Waals surface area (Å²) in [6.07, 6.45) is 1.56. The number of halogens is 2. The molecule has 0 aliphatic carbocycles. The third-order valence-corrected chi connectivity index (χ3v) is 3.81. The van der Waals surface area contributed by atoms with Gasteiger partial charge in [0.2, 0.25) is 0 Å². The summed E-state index contributed by atoms with van der Waals surface area (Å²) in [6.45, 7) is 0. The van der Waals surface area contributed by atoms with Gasteiger partial charge in [-0.25, -0.2) is 4.98 Å². The Kier molecular flexibility index (Phi) is 4.16. The molecule has 1 heterocycles. The van der Waals surface area contributed by atoms with Crippen LogP contribution >= 0.6 is 23.2 Å². The topological polar surface area (TPSA) is 69.5 Å². The molecule has 0 unspecified atom stereocenters. The number of aromatic amines is 1. The van der Waals surface area contributed by atoms with Gasteiger partial charge in [0, 0.05) is 10.0 Å². The molecule has 0 atom stereocenters. The average molecular weight is 342 g/mol. The van der Waals surface area contributed by atoms with Crippen molar-refractivity contribution in [2.75, 3.05) is 0 Å². The molecule has 0 fully saturated rings. The summed E-state index contributed by atoms with van der Waals surface area (Å²) in [6, 6.07) is 13.9. The summed E-state index contributed by atoms with van der Waals surface area (Å²) in [5, 5.41) is 10.8. The van der Waals surface area contributed by atoms with E-state index in [0.717, 1.165) is 0 Å². The molecule has 1 aromatic heterocycles. The van der Waals surface area contributed by atoms with Crippen LogP contribution in [0.2, 0.25) is 10.0 Å². The number of fused-ring (bicyclic) bond motifs is 1. The van der Waals surface area contributed by atoms with Gasteiger partial charge in [-0.3, -0.25) is 4.79 Å². The first-order chi connectivity index (χ1) is 11.1. The minimum Gasteiger partial charge on any atom is -0.305 e. The molecule has 0 saturated carbocycles. The number of benzene rings is 2. The molecule has 0 amide bonds. The molecule has 0 spiro atoms. The van der Waals surface area contributed by atoms with Crippen LogP contribution in [0.1, 0.15) is 11.4 Å². The minimum absolute atomic E-state index is 0.196. The van der Waals surface area contributed by atoms with Crippen LogP contribution in [0.3, 0.4) is 0 Å². The van der Waals surface area contributed by atoms with Gasteiger partial charge >= 0.3 is 0 Å². The van der Waals surface area contributed by atoms with Crippen molar-refractivity contribution < 1.29 is 0 Å². The van der Waals surface area contributed by atoms with E-state index in [0.29, 0.717) is 26.5 Å². The molecular weight excluding hydrogens is 333 g/mol. The number of nitriles is 1. The number of nitrogens with zero attached hydrogens (tertiary/aromatic N) is 2. The Morgan fingerprint density at radius 1 is 1.22 bits per heavy atom. The molecular formula is C17H9Cl2N3O. The Hall–Kier alpha value is -2.61. The third-order valence-electron chi connectivity index (χ3n) is 3.25. The number of allylic oxidation sites excluding steroid dienone is 1. The lowest BCUT2D eigenvalue weighted by molar-refractivity contribution is 1.13. The van der Waals surface area contributed by atoms with E-state index in [-0.39, 0.29) is 17.0 Å². The molecule has 23 heavy (non-hydrogen) atoms. The van der Waals surface area contributed by atoms with Gasteiger partial charge in [0.15, 0.2) is 5.82 Å². The van der Waals surface area contributed by atoms with Gasteiger partial charge in [-0.2, -0.15) is 5.26 Å². The number of hydrogen-bond acceptors (Lipinski definition) is 3. The van der Waals surface area contributed by atoms with E-state index in [1.54, 1.807) is 48.5 Å². The highest BCUT2D eigenvalue weighted by Crippen LogP contribution is 2.24. The predicted octanol–water partition coefficient (Wildman–Crippen LogP) is 4.29. The zero-order valence-electron chi connectivity index (χ0n) is 11.7. The van der Waals surface area contributed by atoms with Crippen molar-refractivity contribution in [1.82, 2.24) is 9.97 Å². The second kappa shape index (κ2) is 6.25. The zero-order chi connectivity index (χ0) is 16.4. The average Bonchev–Trinajstić information content (AvgIpc) is 2.54. The fraction of sp³-hybridized carbons (Fsp3) is 0. The Morgan fingerprint density at radius 3 is 2.74 bits per heavy atom. The van der Waals surface area contributed by atoms with Crippen molar-refractivity contribution in [1.29, 1.82) is 5.26 Å². The van der Waals surface area contributed by atoms with E-state index in [2.05, 4.69) is 9.97 Å². The fourth-order valence-electron chi connectivity index (χ4n) is 2.14. The van der Waals surface area contributed by atoms with E-state index in [4.69, 9.17) is 23.2 Å². The first kappa shape index (κ1) is 15.3. The lowest BCUT2D eigenvalue weighted by Crippen LogP contribution is -2.11. The van der Waals surface area contributed by atoms with Crippen molar-refractivity contribution in [3.63, 3.8) is 0 Å². The largest absolute Gasteiger partial charge is 0.305 e. The van der Waals surface area contributed by atoms with Crippen molar-refractivity contribution in [2.24, 2.45) is 0 Å². The smallest absolute Gasteiger partial charge is 0.259 e. The van der Waals surface area contributed by atoms with Gasteiger partial charge in [-0.05, 0) is 35.9 Å². The van der Waals surface area contributed by atoms with Crippen LogP contribution < -0.4 is 5.56 Å². The molecule has 0 radical (unpaired) electrons. The first-order valence-corrected chi connectivity index (χ1v) is 7.40. The zero-order valence-corrected chi connectivity index (χ0v) is 13.2. The molecule has 0 saturated heterocycles. The Balaban J connectivity index is 2.16. The van der Waals surface area contributed by atoms with Gasteiger partial charge in [0.05, 0.1) is 16.5 Å². The van der Waals surface area contributed by atoms with E-state index in [9.17, 15) is 10.1 Å². The highest BCUT2D eigenvalue weighted by Gasteiger charge is 2.09. The van der Waals surface area contributed by atoms with Crippen LogP contribution in [0.4, 0.5) is 0 Å². The molecule has 0 aliphatic rings. The van der Waals surface area contributed by atoms with Crippen LogP contribution in [-0.2, 0) is 0 Å². The Morgan fingerprint density at radius 2 is 2.00 bits per heavy atom. The monoisotopic (exact) mass is 341 g/mol. The van der Waals surface area contributed by atoms with E-state index < -0.39 is 0 Å². The highest BCUT2D eigenvalue weighted by atomic mass is 35.5. The van der Waals surface area contributed by atoms with Crippen LogP contribution in [0, 0.1) is 11.3 Å². The maximum Gasteiger partial charge on any atom is 0.259 e. The standard InChI is InChI=1S/C17H9Cl2N3O/c18-12-6-5-10(14(19)8-12)7-11(9-20)16-21-15-4-2-1-3-13(15)17(23)22-16/h1-8H,(H,21,22,23)/b11-7+. The van der Waals surface area contributed by atoms with E-state index >= 15 is 0 Å². The van der Waals surface area contributed by atoms with E-state index in [1.807, 2.05) is 6.07 Å². The quantitative estimate of drug-likeness (QED) is 0.706. The summed E-state index contributed by atoms with van der Waals surface area (Å²) in [7, 11) is 0. The third kappa shape index (κ3) is 3.11. The molecule has 112 valence electrons. The number of H-pyrrole nitrogens is 1. The molecule has 4 nitrogen and oxygen atoms in total. The number of aromatic nitrogens is 2. The summed E-state index contributed by atoms with van der Waals surface area (Å²) >= 11 is 12.0. The fourth-order valence-corrected chi connectivity index (χ4v) is 2.60. The van der Waals surface area contributed by atoms with Crippen LogP contribution in [0.15, 0.2) is 47.3 Å². The number of hydrogen-bond donors (Lipinski definition) is 1. The van der Waals surface area contributed by atoms with Gasteiger partial charge in [0.25, 0.3) is 5.56 Å². The maximum atomic E-state index is 12.1. The maximum absolute atomic E-state index is 12.1. The summed E-state index contributed by atoms with van der Waals surface area (Å²) < 4.78 is 0. The molecule has 2 aromatic carbocycles. The molecule has 3 rings (SSSR count). The van der Waals surface area contributed by atoms with E-state index in [1.165, 1.54) is 0 Å². The molecule has 6 heteroatoms. The van der Waals surface area contributed by atoms with Gasteiger partial charge in [-0.15, -0.1) is 0 Å². The molecule has 1 N–H and O–H groups in total. The van der Waals surface area contributed by atoms with Crippen molar-refractivity contribution in [3.8, 4) is 6.07 Å². The predicted molar refractivity (Wildman–Crippen MR) is 92.3 cm³/mol. The summed E-state index contributed by atoms with van der Waals surface area (Å²) in [5.74, 6) is 0.196. The molecule has 3 aromatic rings. The normalized spacial score (nSPS) is 11.4. The van der Waals surface area contributed by atoms with Crippen LogP contribution in [0.25, 0.3) is 22.6 Å². The molecule has 0 aliphatic heterocycles. The van der Waals surface area contributed by atoms with Gasteiger partial charge in [0.1, 0.15) is 6.07 Å². The van der Waals surface area contributed by atoms with Crippen molar-refractivity contribution in [3.05, 3.63) is 74.3 Å². The van der Waals surface area contributed by atoms with Crippen molar-refractivity contribution in [2.45, 2.75) is 0 Å². The number of rotatable bonds is 2. The first-order valence-electron chi connectivity index (χ1n) is 6.65. The van der Waals surface area contributed by atoms with Crippen LogP contribution in [-0.4, -0.2) is 9.97 Å². The lowest BCUT2D eigenvalue weighted by Gasteiger charge is -2.03. The summed E-state index contributed by atoms with van der Waals surface area (Å²) in [5.41, 5.74) is 1.05. The second-order valence-electron chi connectivity index (χ2n) is 4.77. The summed E-state index contributed by atoms with van der Waals surface area (Å²) in [4.78, 5) is 19.1. The van der Waals surface area contributed by atoms with Gasteiger partial charge < -0.3 is 4.98 Å². The highest BCUT2D eigenvalue weighted by molar-refractivity contribution is 6.35. The lowest BCUT2D eigenvalue weighted by atomic mass is 10.1.